The number of hydrogen-bond acceptors (Lipinski definition) is 5. The van der Waals surface area contributed by atoms with E-state index in [1.165, 1.54) is 6.07 Å². The van der Waals surface area contributed by atoms with Crippen LogP contribution >= 0.6 is 0 Å². The molecule has 7 heteroatoms. The maximum absolute atomic E-state index is 13.1. The van der Waals surface area contributed by atoms with Gasteiger partial charge >= 0.3 is 0 Å². The van der Waals surface area contributed by atoms with Crippen LogP contribution in [0.5, 0.6) is 0 Å². The van der Waals surface area contributed by atoms with Crippen molar-refractivity contribution in [3.05, 3.63) is 82.9 Å². The van der Waals surface area contributed by atoms with Crippen molar-refractivity contribution in [1.29, 1.82) is 0 Å². The lowest BCUT2D eigenvalue weighted by Crippen LogP contribution is -2.24. The maximum atomic E-state index is 13.1. The number of para-hydroxylation sites is 1. The van der Waals surface area contributed by atoms with Crippen LogP contribution in [-0.4, -0.2) is 20.3 Å². The van der Waals surface area contributed by atoms with Crippen LogP contribution < -0.4 is 11.1 Å². The van der Waals surface area contributed by atoms with Gasteiger partial charge in [-0.2, -0.15) is 0 Å². The molecule has 1 aliphatic rings. The minimum Gasteiger partial charge on any atom is -0.397 e. The number of anilines is 3. The molecule has 0 aliphatic heterocycles. The van der Waals surface area contributed by atoms with Gasteiger partial charge in [0.2, 0.25) is 0 Å². The number of nitrogens with one attached hydrogen (secondary N) is 1. The van der Waals surface area contributed by atoms with Crippen molar-refractivity contribution in [1.82, 2.24) is 0 Å². The molecule has 27 heavy (non-hydrogen) atoms. The van der Waals surface area contributed by atoms with Gasteiger partial charge in [-0.05, 0) is 18.2 Å². The van der Waals surface area contributed by atoms with Crippen molar-refractivity contribution in [3.63, 3.8) is 0 Å². The van der Waals surface area contributed by atoms with Crippen molar-refractivity contribution < 1.29 is 18.4 Å². The molecule has 3 aromatic carbocycles. The molecule has 1 atom stereocenters. The standard InChI is InChI=1S/C20H14N2O4S/c21-18-15(27(25)26)10-14(22-11-6-2-1-3-7-11)16-17(18)20(24)13-9-5-4-8-12(13)19(16)23/h1-10,22H,21H2,(H,25,26). The molecule has 0 heterocycles. The van der Waals surface area contributed by atoms with Gasteiger partial charge in [0.15, 0.2) is 22.6 Å². The zero-order valence-corrected chi connectivity index (χ0v) is 14.7. The molecule has 3 aromatic rings. The van der Waals surface area contributed by atoms with Gasteiger partial charge in [-0.15, -0.1) is 0 Å². The van der Waals surface area contributed by atoms with Crippen LogP contribution in [0.15, 0.2) is 65.6 Å². The number of rotatable bonds is 3. The lowest BCUT2D eigenvalue weighted by molar-refractivity contribution is 0.0980. The molecular weight excluding hydrogens is 364 g/mol. The Balaban J connectivity index is 2.01. The number of benzene rings is 3. The summed E-state index contributed by atoms with van der Waals surface area (Å²) in [5, 5.41) is 3.06. The van der Waals surface area contributed by atoms with Gasteiger partial charge in [-0.3, -0.25) is 9.59 Å². The summed E-state index contributed by atoms with van der Waals surface area (Å²) < 4.78 is 21.4. The number of fused-ring (bicyclic) bond motifs is 2. The fraction of sp³-hybridized carbons (Fsp3) is 0. The Bertz CT molecular complexity index is 1130. The minimum atomic E-state index is -2.42. The molecular formula is C20H14N2O4S. The van der Waals surface area contributed by atoms with Gasteiger partial charge in [0.25, 0.3) is 0 Å². The monoisotopic (exact) mass is 378 g/mol. The van der Waals surface area contributed by atoms with Crippen LogP contribution in [0.25, 0.3) is 0 Å². The average molecular weight is 378 g/mol. The Morgan fingerprint density at radius 1 is 0.852 bits per heavy atom. The maximum Gasteiger partial charge on any atom is 0.196 e. The first-order valence-electron chi connectivity index (χ1n) is 8.07. The number of ketones is 2. The summed E-state index contributed by atoms with van der Waals surface area (Å²) in [7, 11) is 0. The Kier molecular flexibility index (Phi) is 4.10. The normalized spacial score (nSPS) is 13.7. The molecule has 4 N–H and O–H groups in total. The third-order valence-electron chi connectivity index (χ3n) is 4.44. The number of carbonyl (C=O) groups excluding carboxylic acids is 2. The molecule has 0 fully saturated rings. The molecule has 0 spiro atoms. The van der Waals surface area contributed by atoms with Crippen molar-refractivity contribution in [2.24, 2.45) is 0 Å². The highest BCUT2D eigenvalue weighted by Gasteiger charge is 2.35. The van der Waals surface area contributed by atoms with E-state index in [1.54, 1.807) is 48.5 Å². The molecule has 4 rings (SSSR count). The fourth-order valence-corrected chi connectivity index (χ4v) is 3.72. The molecule has 1 unspecified atom stereocenters. The quantitative estimate of drug-likeness (QED) is 0.372. The van der Waals surface area contributed by atoms with E-state index in [-0.39, 0.29) is 44.3 Å². The molecule has 6 nitrogen and oxygen atoms in total. The summed E-state index contributed by atoms with van der Waals surface area (Å²) in [6.07, 6.45) is 0. The largest absolute Gasteiger partial charge is 0.397 e. The zero-order valence-electron chi connectivity index (χ0n) is 13.9. The molecule has 0 saturated heterocycles. The summed E-state index contributed by atoms with van der Waals surface area (Å²) in [6.45, 7) is 0. The van der Waals surface area contributed by atoms with Gasteiger partial charge in [-0.1, -0.05) is 42.5 Å². The van der Waals surface area contributed by atoms with Gasteiger partial charge in [0, 0.05) is 16.8 Å². The van der Waals surface area contributed by atoms with Crippen LogP contribution in [0.4, 0.5) is 17.1 Å². The molecule has 134 valence electrons. The lowest BCUT2D eigenvalue weighted by atomic mass is 9.82. The second-order valence-electron chi connectivity index (χ2n) is 6.03. The second kappa shape index (κ2) is 6.46. The van der Waals surface area contributed by atoms with Crippen LogP contribution in [0.1, 0.15) is 31.8 Å². The van der Waals surface area contributed by atoms with E-state index in [2.05, 4.69) is 5.32 Å². The van der Waals surface area contributed by atoms with Crippen LogP contribution in [0, 0.1) is 0 Å². The van der Waals surface area contributed by atoms with Crippen molar-refractivity contribution in [3.8, 4) is 0 Å². The van der Waals surface area contributed by atoms with Gasteiger partial charge < -0.3 is 15.6 Å². The topological polar surface area (TPSA) is 109 Å². The summed E-state index contributed by atoms with van der Waals surface area (Å²) >= 11 is -2.42. The predicted octanol–water partition coefficient (Wildman–Crippen LogP) is 3.37. The summed E-state index contributed by atoms with van der Waals surface area (Å²) in [5.41, 5.74) is 7.36. The van der Waals surface area contributed by atoms with Gasteiger partial charge in [0.05, 0.1) is 27.4 Å². The Morgan fingerprint density at radius 2 is 1.41 bits per heavy atom. The lowest BCUT2D eigenvalue weighted by Gasteiger charge is -2.23. The summed E-state index contributed by atoms with van der Waals surface area (Å²) in [5.74, 6) is -0.804. The van der Waals surface area contributed by atoms with Crippen LogP contribution in [0.3, 0.4) is 0 Å². The Hall–Kier alpha value is -3.29. The van der Waals surface area contributed by atoms with Gasteiger partial charge in [-0.25, -0.2) is 4.21 Å². The molecule has 0 aromatic heterocycles. The number of nitrogen functional groups attached to an aromatic ring is 1. The van der Waals surface area contributed by atoms with E-state index in [0.717, 1.165) is 0 Å². The summed E-state index contributed by atoms with van der Waals surface area (Å²) in [6, 6.07) is 16.8. The minimum absolute atomic E-state index is 0.0444. The number of hydrogen-bond donors (Lipinski definition) is 3. The zero-order chi connectivity index (χ0) is 19.1. The fourth-order valence-electron chi connectivity index (χ4n) is 3.21. The molecule has 0 saturated carbocycles. The Labute approximate surface area is 157 Å². The molecule has 1 aliphatic carbocycles. The first-order chi connectivity index (χ1) is 13.0. The number of carbonyl (C=O) groups is 2. The predicted molar refractivity (Wildman–Crippen MR) is 103 cm³/mol. The second-order valence-corrected chi connectivity index (χ2v) is 6.97. The van der Waals surface area contributed by atoms with E-state index in [9.17, 15) is 18.4 Å². The van der Waals surface area contributed by atoms with E-state index >= 15 is 0 Å². The molecule has 0 bridgehead atoms. The third-order valence-corrected chi connectivity index (χ3v) is 5.15. The van der Waals surface area contributed by atoms with Crippen molar-refractivity contribution >= 4 is 39.7 Å². The highest BCUT2D eigenvalue weighted by molar-refractivity contribution is 7.79. The van der Waals surface area contributed by atoms with Crippen molar-refractivity contribution in [2.45, 2.75) is 4.90 Å². The SMILES string of the molecule is Nc1c(S(=O)O)cc(Nc2ccccc2)c2c1C(=O)c1ccccc1C2=O. The third kappa shape index (κ3) is 2.73. The first-order valence-corrected chi connectivity index (χ1v) is 9.17. The van der Waals surface area contributed by atoms with E-state index in [1.807, 2.05) is 6.07 Å². The van der Waals surface area contributed by atoms with E-state index in [0.29, 0.717) is 5.69 Å². The van der Waals surface area contributed by atoms with Crippen LogP contribution in [0.2, 0.25) is 0 Å². The van der Waals surface area contributed by atoms with E-state index < -0.39 is 16.9 Å². The van der Waals surface area contributed by atoms with Crippen LogP contribution in [-0.2, 0) is 11.1 Å². The van der Waals surface area contributed by atoms with E-state index in [4.69, 9.17) is 5.73 Å². The first kappa shape index (κ1) is 17.1. The average Bonchev–Trinajstić information content (AvgIpc) is 2.67. The highest BCUT2D eigenvalue weighted by Crippen LogP contribution is 2.39. The summed E-state index contributed by atoms with van der Waals surface area (Å²) in [4.78, 5) is 26.0. The van der Waals surface area contributed by atoms with Crippen molar-refractivity contribution in [2.75, 3.05) is 11.1 Å². The molecule has 0 amide bonds. The molecule has 0 radical (unpaired) electrons. The highest BCUT2D eigenvalue weighted by atomic mass is 32.2. The number of nitrogens with two attached hydrogens (primary N) is 1. The van der Waals surface area contributed by atoms with Gasteiger partial charge in [0.1, 0.15) is 0 Å². The Morgan fingerprint density at radius 3 is 2.00 bits per heavy atom. The smallest absolute Gasteiger partial charge is 0.196 e.